The summed E-state index contributed by atoms with van der Waals surface area (Å²) in [7, 11) is 0. The van der Waals surface area contributed by atoms with Crippen molar-refractivity contribution in [2.75, 3.05) is 0 Å². The van der Waals surface area contributed by atoms with Gasteiger partial charge in [0.15, 0.2) is 0 Å². The Balaban J connectivity index is 1.80. The molecule has 1 aromatic heterocycles. The molecule has 1 unspecified atom stereocenters. The van der Waals surface area contributed by atoms with Gasteiger partial charge in [-0.25, -0.2) is 9.97 Å². The van der Waals surface area contributed by atoms with Crippen molar-refractivity contribution >= 4 is 0 Å². The number of benzene rings is 1. The minimum Gasteiger partial charge on any atom is -0.271 e. The molecule has 19 heavy (non-hydrogen) atoms. The fraction of sp³-hybridized carbons (Fsp3) is 0.333. The number of nitrogens with two attached hydrogens (primary N) is 1. The molecule has 1 atom stereocenters. The van der Waals surface area contributed by atoms with Crippen molar-refractivity contribution in [2.24, 2.45) is 5.84 Å². The Morgan fingerprint density at radius 1 is 1.16 bits per heavy atom. The molecule has 1 heterocycles. The molecule has 0 aliphatic heterocycles. The summed E-state index contributed by atoms with van der Waals surface area (Å²) in [6.45, 7) is 0. The number of hydrogen-bond acceptors (Lipinski definition) is 4. The first-order valence-electron chi connectivity index (χ1n) is 6.68. The molecule has 1 aliphatic carbocycles. The number of aryl methyl sites for hydroxylation is 2. The molecule has 4 heteroatoms. The van der Waals surface area contributed by atoms with Crippen LogP contribution in [0, 0.1) is 0 Å². The highest BCUT2D eigenvalue weighted by Crippen LogP contribution is 2.25. The monoisotopic (exact) mass is 254 g/mol. The van der Waals surface area contributed by atoms with E-state index < -0.39 is 0 Å². The van der Waals surface area contributed by atoms with Gasteiger partial charge in [0.05, 0.1) is 6.04 Å². The van der Waals surface area contributed by atoms with Gasteiger partial charge >= 0.3 is 0 Å². The molecule has 0 bridgehead atoms. The Morgan fingerprint density at radius 3 is 2.74 bits per heavy atom. The lowest BCUT2D eigenvalue weighted by Crippen LogP contribution is -2.29. The second-order valence-corrected chi connectivity index (χ2v) is 5.05. The average Bonchev–Trinajstić information content (AvgIpc) is 2.93. The standard InChI is InChI=1S/C15H18N4/c16-19-15(14-8-17-10-18-9-14)7-11-4-5-12-2-1-3-13(12)6-11/h4-6,8-10,15,19H,1-3,7,16H2. The molecule has 3 N–H and O–H groups in total. The molecule has 0 fully saturated rings. The van der Waals surface area contributed by atoms with Gasteiger partial charge in [-0.05, 0) is 42.4 Å². The summed E-state index contributed by atoms with van der Waals surface area (Å²) in [6, 6.07) is 6.84. The van der Waals surface area contributed by atoms with E-state index >= 15 is 0 Å². The molecule has 98 valence electrons. The summed E-state index contributed by atoms with van der Waals surface area (Å²) in [5.41, 5.74) is 8.19. The van der Waals surface area contributed by atoms with Crippen molar-refractivity contribution in [3.05, 3.63) is 59.2 Å². The van der Waals surface area contributed by atoms with Crippen LogP contribution < -0.4 is 11.3 Å². The molecular formula is C15H18N4. The minimum absolute atomic E-state index is 0.0562. The third-order valence-electron chi connectivity index (χ3n) is 3.79. The lowest BCUT2D eigenvalue weighted by Gasteiger charge is -2.16. The molecule has 1 aliphatic rings. The molecular weight excluding hydrogens is 236 g/mol. The van der Waals surface area contributed by atoms with Crippen LogP contribution >= 0.6 is 0 Å². The van der Waals surface area contributed by atoms with Gasteiger partial charge in [-0.1, -0.05) is 18.2 Å². The largest absolute Gasteiger partial charge is 0.271 e. The predicted molar refractivity (Wildman–Crippen MR) is 74.3 cm³/mol. The zero-order chi connectivity index (χ0) is 13.1. The molecule has 1 aromatic carbocycles. The number of nitrogens with one attached hydrogen (secondary N) is 1. The smallest absolute Gasteiger partial charge is 0.115 e. The maximum atomic E-state index is 5.66. The van der Waals surface area contributed by atoms with E-state index in [1.807, 2.05) is 12.4 Å². The van der Waals surface area contributed by atoms with Crippen LogP contribution in [0.15, 0.2) is 36.9 Å². The van der Waals surface area contributed by atoms with Crippen molar-refractivity contribution in [3.8, 4) is 0 Å². The zero-order valence-corrected chi connectivity index (χ0v) is 10.8. The van der Waals surface area contributed by atoms with Crippen molar-refractivity contribution in [1.29, 1.82) is 0 Å². The topological polar surface area (TPSA) is 63.8 Å². The van der Waals surface area contributed by atoms with Gasteiger partial charge in [0.25, 0.3) is 0 Å². The highest BCUT2D eigenvalue weighted by Gasteiger charge is 2.14. The molecule has 3 rings (SSSR count). The van der Waals surface area contributed by atoms with Gasteiger partial charge in [-0.15, -0.1) is 0 Å². The van der Waals surface area contributed by atoms with E-state index in [2.05, 4.69) is 33.6 Å². The number of hydrogen-bond donors (Lipinski definition) is 2. The Bertz CT molecular complexity index is 553. The first-order chi connectivity index (χ1) is 9.36. The summed E-state index contributed by atoms with van der Waals surface area (Å²) in [4.78, 5) is 8.09. The first-order valence-corrected chi connectivity index (χ1v) is 6.68. The van der Waals surface area contributed by atoms with E-state index in [1.165, 1.54) is 42.3 Å². The third kappa shape index (κ3) is 2.64. The van der Waals surface area contributed by atoms with E-state index in [0.29, 0.717) is 0 Å². The second kappa shape index (κ2) is 5.47. The lowest BCUT2D eigenvalue weighted by molar-refractivity contribution is 0.548. The highest BCUT2D eigenvalue weighted by molar-refractivity contribution is 5.36. The number of nitrogens with zero attached hydrogens (tertiary/aromatic N) is 2. The van der Waals surface area contributed by atoms with E-state index in [0.717, 1.165) is 12.0 Å². The number of aromatic nitrogens is 2. The minimum atomic E-state index is 0.0562. The Kier molecular flexibility index (Phi) is 3.53. The van der Waals surface area contributed by atoms with Crippen LogP contribution in [0.2, 0.25) is 0 Å². The fourth-order valence-electron chi connectivity index (χ4n) is 2.75. The fourth-order valence-corrected chi connectivity index (χ4v) is 2.75. The van der Waals surface area contributed by atoms with Crippen LogP contribution in [0.25, 0.3) is 0 Å². The zero-order valence-electron chi connectivity index (χ0n) is 10.8. The number of rotatable bonds is 4. The maximum absolute atomic E-state index is 5.66. The van der Waals surface area contributed by atoms with Gasteiger partial charge < -0.3 is 0 Å². The number of hydrazine groups is 1. The number of fused-ring (bicyclic) bond motifs is 1. The summed E-state index contributed by atoms with van der Waals surface area (Å²) in [5.74, 6) is 5.66. The van der Waals surface area contributed by atoms with Crippen LogP contribution in [-0.4, -0.2) is 9.97 Å². The average molecular weight is 254 g/mol. The molecule has 0 radical (unpaired) electrons. The summed E-state index contributed by atoms with van der Waals surface area (Å²) in [5, 5.41) is 0. The van der Waals surface area contributed by atoms with Crippen molar-refractivity contribution in [1.82, 2.24) is 15.4 Å². The Morgan fingerprint density at radius 2 is 1.95 bits per heavy atom. The van der Waals surface area contributed by atoms with Gasteiger partial charge in [-0.2, -0.15) is 0 Å². The maximum Gasteiger partial charge on any atom is 0.115 e. The summed E-state index contributed by atoms with van der Waals surface area (Å²) in [6.07, 6.45) is 9.72. The van der Waals surface area contributed by atoms with Gasteiger partial charge in [0, 0.05) is 18.0 Å². The van der Waals surface area contributed by atoms with Crippen LogP contribution in [0.3, 0.4) is 0 Å². The molecule has 0 spiro atoms. The second-order valence-electron chi connectivity index (χ2n) is 5.05. The first kappa shape index (κ1) is 12.3. The normalized spacial score (nSPS) is 15.2. The van der Waals surface area contributed by atoms with E-state index in [-0.39, 0.29) is 6.04 Å². The van der Waals surface area contributed by atoms with E-state index in [1.54, 1.807) is 0 Å². The lowest BCUT2D eigenvalue weighted by atomic mass is 9.98. The van der Waals surface area contributed by atoms with Crippen LogP contribution in [0.5, 0.6) is 0 Å². The highest BCUT2D eigenvalue weighted by atomic mass is 15.2. The molecule has 0 saturated heterocycles. The Hall–Kier alpha value is -1.78. The van der Waals surface area contributed by atoms with Crippen LogP contribution in [0.1, 0.15) is 34.7 Å². The van der Waals surface area contributed by atoms with Gasteiger partial charge in [0.2, 0.25) is 0 Å². The van der Waals surface area contributed by atoms with Crippen LogP contribution in [0.4, 0.5) is 0 Å². The molecule has 2 aromatic rings. The summed E-state index contributed by atoms with van der Waals surface area (Å²) >= 11 is 0. The molecule has 0 saturated carbocycles. The predicted octanol–water partition coefficient (Wildman–Crippen LogP) is 1.71. The molecule has 4 nitrogen and oxygen atoms in total. The third-order valence-corrected chi connectivity index (χ3v) is 3.79. The van der Waals surface area contributed by atoms with Crippen molar-refractivity contribution < 1.29 is 0 Å². The molecule has 0 amide bonds. The van der Waals surface area contributed by atoms with Gasteiger partial charge in [-0.3, -0.25) is 11.3 Å². The van der Waals surface area contributed by atoms with Gasteiger partial charge in [0.1, 0.15) is 6.33 Å². The van der Waals surface area contributed by atoms with E-state index in [4.69, 9.17) is 5.84 Å². The quantitative estimate of drug-likeness (QED) is 0.644. The van der Waals surface area contributed by atoms with E-state index in [9.17, 15) is 0 Å². The van der Waals surface area contributed by atoms with Crippen LogP contribution in [-0.2, 0) is 19.3 Å². The van der Waals surface area contributed by atoms with Crippen molar-refractivity contribution in [3.63, 3.8) is 0 Å². The SMILES string of the molecule is NNC(Cc1ccc2c(c1)CCC2)c1cncnc1. The summed E-state index contributed by atoms with van der Waals surface area (Å²) < 4.78 is 0. The van der Waals surface area contributed by atoms with Crippen molar-refractivity contribution in [2.45, 2.75) is 31.7 Å². The Labute approximate surface area is 113 Å².